The van der Waals surface area contributed by atoms with E-state index in [4.69, 9.17) is 9.26 Å². The Morgan fingerprint density at radius 2 is 2.33 bits per heavy atom. The molecule has 2 heterocycles. The lowest BCUT2D eigenvalue weighted by molar-refractivity contribution is -0.123. The summed E-state index contributed by atoms with van der Waals surface area (Å²) in [7, 11) is 0. The maximum Gasteiger partial charge on any atom is 0.227 e. The van der Waals surface area contributed by atoms with E-state index in [-0.39, 0.29) is 25.0 Å². The number of carbonyl (C=O) groups excluding carboxylic acids is 1. The van der Waals surface area contributed by atoms with Gasteiger partial charge in [0.05, 0.1) is 6.10 Å². The Morgan fingerprint density at radius 3 is 3.00 bits per heavy atom. The maximum absolute atomic E-state index is 11.8. The summed E-state index contributed by atoms with van der Waals surface area (Å²) < 4.78 is 10.4. The van der Waals surface area contributed by atoms with Crippen molar-refractivity contribution < 1.29 is 19.2 Å². The monoisotopic (exact) mass is 297 g/mol. The highest BCUT2D eigenvalue weighted by Gasteiger charge is 2.39. The second-order valence-corrected chi connectivity index (χ2v) is 5.50. The molecule has 1 aliphatic heterocycles. The predicted octanol–water partition coefficient (Wildman–Crippen LogP) is 0.611. The fourth-order valence-corrected chi connectivity index (χ4v) is 2.28. The van der Waals surface area contributed by atoms with Gasteiger partial charge in [0.15, 0.2) is 5.82 Å². The summed E-state index contributed by atoms with van der Waals surface area (Å²) in [4.78, 5) is 16.0. The first-order valence-electron chi connectivity index (χ1n) is 7.45. The number of rotatable bonds is 7. The van der Waals surface area contributed by atoms with Crippen LogP contribution >= 0.6 is 0 Å². The molecule has 0 saturated carbocycles. The second kappa shape index (κ2) is 7.00. The topological polar surface area (TPSA) is 97.5 Å². The number of hydrogen-bond acceptors (Lipinski definition) is 6. The number of carbonyl (C=O) groups is 1. The zero-order chi connectivity index (χ0) is 15.3. The van der Waals surface area contributed by atoms with Crippen LogP contribution in [0.4, 0.5) is 0 Å². The van der Waals surface area contributed by atoms with Gasteiger partial charge in [-0.2, -0.15) is 4.98 Å². The van der Waals surface area contributed by atoms with Crippen molar-refractivity contribution in [1.82, 2.24) is 15.5 Å². The van der Waals surface area contributed by atoms with E-state index in [1.54, 1.807) is 0 Å². The predicted molar refractivity (Wildman–Crippen MR) is 74.6 cm³/mol. The van der Waals surface area contributed by atoms with Crippen molar-refractivity contribution in [2.45, 2.75) is 57.7 Å². The Balaban J connectivity index is 1.72. The standard InChI is InChI=1S/C14H23N3O4/c1-3-4-11-16-13(21-17-11)6-5-12(18)15-9-14(19)7-8-20-10(14)2/h10,19H,3-9H2,1-2H3,(H,15,18). The number of ether oxygens (including phenoxy) is 1. The molecule has 0 radical (unpaired) electrons. The molecule has 0 spiro atoms. The Kier molecular flexibility index (Phi) is 5.30. The molecule has 2 rings (SSSR count). The van der Waals surface area contributed by atoms with Gasteiger partial charge in [-0.05, 0) is 13.3 Å². The minimum atomic E-state index is -0.964. The van der Waals surface area contributed by atoms with Crippen molar-refractivity contribution >= 4 is 5.91 Å². The highest BCUT2D eigenvalue weighted by Crippen LogP contribution is 2.24. The number of aliphatic hydroxyl groups is 1. The highest BCUT2D eigenvalue weighted by atomic mass is 16.5. The first kappa shape index (κ1) is 15.9. The molecule has 7 heteroatoms. The van der Waals surface area contributed by atoms with Gasteiger partial charge >= 0.3 is 0 Å². The van der Waals surface area contributed by atoms with Crippen molar-refractivity contribution in [1.29, 1.82) is 0 Å². The van der Waals surface area contributed by atoms with Gasteiger partial charge in [0.1, 0.15) is 5.60 Å². The van der Waals surface area contributed by atoms with Crippen LogP contribution in [0.3, 0.4) is 0 Å². The van der Waals surface area contributed by atoms with Crippen molar-refractivity contribution in [3.63, 3.8) is 0 Å². The summed E-state index contributed by atoms with van der Waals surface area (Å²) >= 11 is 0. The normalized spacial score (nSPS) is 25.2. The SMILES string of the molecule is CCCc1noc(CCC(=O)NCC2(O)CCOC2C)n1. The molecule has 1 aromatic rings. The van der Waals surface area contributed by atoms with Crippen LogP contribution in [0.5, 0.6) is 0 Å². The molecule has 0 aliphatic carbocycles. The van der Waals surface area contributed by atoms with Crippen LogP contribution in [0, 0.1) is 0 Å². The zero-order valence-electron chi connectivity index (χ0n) is 12.6. The minimum absolute atomic E-state index is 0.141. The van der Waals surface area contributed by atoms with Crippen molar-refractivity contribution in [3.05, 3.63) is 11.7 Å². The van der Waals surface area contributed by atoms with Crippen LogP contribution in [-0.4, -0.2) is 46.0 Å². The third-order valence-corrected chi connectivity index (χ3v) is 3.80. The van der Waals surface area contributed by atoms with Crippen LogP contribution in [0.2, 0.25) is 0 Å². The Morgan fingerprint density at radius 1 is 1.52 bits per heavy atom. The van der Waals surface area contributed by atoms with E-state index in [2.05, 4.69) is 15.5 Å². The second-order valence-electron chi connectivity index (χ2n) is 5.50. The molecule has 2 atom stereocenters. The fourth-order valence-electron chi connectivity index (χ4n) is 2.28. The van der Waals surface area contributed by atoms with Gasteiger partial charge in [-0.3, -0.25) is 4.79 Å². The summed E-state index contributed by atoms with van der Waals surface area (Å²) in [5.74, 6) is 1.02. The Hall–Kier alpha value is -1.47. The lowest BCUT2D eigenvalue weighted by Crippen LogP contribution is -2.47. The van der Waals surface area contributed by atoms with Crippen molar-refractivity contribution in [3.8, 4) is 0 Å². The highest BCUT2D eigenvalue weighted by molar-refractivity contribution is 5.76. The molecule has 2 N–H and O–H groups in total. The van der Waals surface area contributed by atoms with Gasteiger partial charge < -0.3 is 19.7 Å². The molecule has 2 unspecified atom stereocenters. The number of hydrogen-bond donors (Lipinski definition) is 2. The zero-order valence-corrected chi connectivity index (χ0v) is 12.6. The molecule has 1 amide bonds. The van der Waals surface area contributed by atoms with E-state index in [9.17, 15) is 9.90 Å². The number of aryl methyl sites for hydroxylation is 2. The molecule has 0 bridgehead atoms. The van der Waals surface area contributed by atoms with Gasteiger partial charge in [0.25, 0.3) is 0 Å². The quantitative estimate of drug-likeness (QED) is 0.765. The fraction of sp³-hybridized carbons (Fsp3) is 0.786. The molecule has 118 valence electrons. The largest absolute Gasteiger partial charge is 0.385 e. The third-order valence-electron chi connectivity index (χ3n) is 3.80. The van der Waals surface area contributed by atoms with E-state index < -0.39 is 5.60 Å². The van der Waals surface area contributed by atoms with Gasteiger partial charge in [0, 0.05) is 38.8 Å². The van der Waals surface area contributed by atoms with Crippen LogP contribution in [-0.2, 0) is 22.4 Å². The lowest BCUT2D eigenvalue weighted by atomic mass is 9.97. The van der Waals surface area contributed by atoms with Crippen LogP contribution in [0.1, 0.15) is 44.8 Å². The smallest absolute Gasteiger partial charge is 0.227 e. The van der Waals surface area contributed by atoms with Gasteiger partial charge in [0.2, 0.25) is 11.8 Å². The van der Waals surface area contributed by atoms with Gasteiger partial charge in [-0.15, -0.1) is 0 Å². The van der Waals surface area contributed by atoms with Crippen molar-refractivity contribution in [2.75, 3.05) is 13.2 Å². The summed E-state index contributed by atoms with van der Waals surface area (Å²) in [5, 5.41) is 16.9. The summed E-state index contributed by atoms with van der Waals surface area (Å²) in [6.07, 6.45) is 2.69. The molecule has 1 aliphatic rings. The molecule has 1 fully saturated rings. The number of nitrogens with zero attached hydrogens (tertiary/aromatic N) is 2. The summed E-state index contributed by atoms with van der Waals surface area (Å²) in [5.41, 5.74) is -0.964. The average Bonchev–Trinajstić information content (AvgIpc) is 3.03. The van der Waals surface area contributed by atoms with Crippen LogP contribution in [0.15, 0.2) is 4.52 Å². The molecule has 1 aromatic heterocycles. The van der Waals surface area contributed by atoms with E-state index in [0.29, 0.717) is 31.2 Å². The van der Waals surface area contributed by atoms with E-state index in [0.717, 1.165) is 12.8 Å². The van der Waals surface area contributed by atoms with E-state index in [1.807, 2.05) is 13.8 Å². The Bertz CT molecular complexity index is 477. The maximum atomic E-state index is 11.8. The first-order valence-corrected chi connectivity index (χ1v) is 7.45. The van der Waals surface area contributed by atoms with Crippen LogP contribution in [0.25, 0.3) is 0 Å². The number of aromatic nitrogens is 2. The van der Waals surface area contributed by atoms with E-state index in [1.165, 1.54) is 0 Å². The molecular formula is C14H23N3O4. The molecular weight excluding hydrogens is 274 g/mol. The van der Waals surface area contributed by atoms with Crippen LogP contribution < -0.4 is 5.32 Å². The Labute approximate surface area is 124 Å². The molecule has 1 saturated heterocycles. The lowest BCUT2D eigenvalue weighted by Gasteiger charge is -2.26. The number of nitrogens with one attached hydrogen (secondary N) is 1. The molecule has 21 heavy (non-hydrogen) atoms. The minimum Gasteiger partial charge on any atom is -0.385 e. The first-order chi connectivity index (χ1) is 10.0. The van der Waals surface area contributed by atoms with Gasteiger partial charge in [-0.1, -0.05) is 12.1 Å². The number of amides is 1. The molecule has 7 nitrogen and oxygen atoms in total. The third kappa shape index (κ3) is 4.25. The summed E-state index contributed by atoms with van der Waals surface area (Å²) in [6, 6.07) is 0. The average molecular weight is 297 g/mol. The van der Waals surface area contributed by atoms with Gasteiger partial charge in [-0.25, -0.2) is 0 Å². The van der Waals surface area contributed by atoms with E-state index >= 15 is 0 Å². The van der Waals surface area contributed by atoms with Crippen molar-refractivity contribution in [2.24, 2.45) is 0 Å². The summed E-state index contributed by atoms with van der Waals surface area (Å²) in [6.45, 7) is 4.59. The molecule has 0 aromatic carbocycles.